The van der Waals surface area contributed by atoms with Crippen molar-refractivity contribution in [1.82, 2.24) is 4.98 Å². The Morgan fingerprint density at radius 3 is 2.59 bits per heavy atom. The summed E-state index contributed by atoms with van der Waals surface area (Å²) in [6, 6.07) is 7.92. The summed E-state index contributed by atoms with van der Waals surface area (Å²) < 4.78 is 0. The van der Waals surface area contributed by atoms with Crippen LogP contribution < -0.4 is 0 Å². The number of ketones is 1. The predicted molar refractivity (Wildman–Crippen MR) is 70.1 cm³/mol. The van der Waals surface area contributed by atoms with Gasteiger partial charge in [0.25, 0.3) is 0 Å². The van der Waals surface area contributed by atoms with E-state index in [-0.39, 0.29) is 11.7 Å². The number of Topliss-reactive ketones (excluding diaryl/α,β-unsaturated/α-hetero) is 1. The molecule has 0 radical (unpaired) electrons. The monoisotopic (exact) mass is 227 g/mol. The van der Waals surface area contributed by atoms with E-state index < -0.39 is 0 Å². The molecule has 17 heavy (non-hydrogen) atoms. The lowest BCUT2D eigenvalue weighted by atomic mass is 9.91. The summed E-state index contributed by atoms with van der Waals surface area (Å²) in [5.41, 5.74) is 0.761. The van der Waals surface area contributed by atoms with Crippen LogP contribution in [-0.4, -0.2) is 10.8 Å². The number of carbonyl (C=O) groups is 1. The second-order valence-electron chi connectivity index (χ2n) is 4.29. The zero-order valence-corrected chi connectivity index (χ0v) is 10.3. The Bertz CT molecular complexity index is 524. The van der Waals surface area contributed by atoms with Crippen molar-refractivity contribution in [2.45, 2.75) is 26.7 Å². The molecule has 0 amide bonds. The van der Waals surface area contributed by atoms with Gasteiger partial charge < -0.3 is 0 Å². The SMILES string of the molecule is CCC(CC)C(=O)c1cncc2ccccc12. The lowest BCUT2D eigenvalue weighted by Crippen LogP contribution is -2.13. The highest BCUT2D eigenvalue weighted by Crippen LogP contribution is 2.22. The molecule has 0 aliphatic carbocycles. The highest BCUT2D eigenvalue weighted by atomic mass is 16.1. The first kappa shape index (κ1) is 11.8. The van der Waals surface area contributed by atoms with Crippen molar-refractivity contribution in [1.29, 1.82) is 0 Å². The molecule has 0 saturated heterocycles. The molecule has 0 unspecified atom stereocenters. The van der Waals surface area contributed by atoms with E-state index in [4.69, 9.17) is 0 Å². The van der Waals surface area contributed by atoms with Crippen LogP contribution in [0.4, 0.5) is 0 Å². The molecule has 2 rings (SSSR count). The predicted octanol–water partition coefficient (Wildman–Crippen LogP) is 3.85. The summed E-state index contributed by atoms with van der Waals surface area (Å²) in [5.74, 6) is 0.335. The third-order valence-electron chi connectivity index (χ3n) is 3.29. The van der Waals surface area contributed by atoms with Gasteiger partial charge in [-0.05, 0) is 18.2 Å². The Balaban J connectivity index is 2.52. The summed E-state index contributed by atoms with van der Waals surface area (Å²) >= 11 is 0. The van der Waals surface area contributed by atoms with E-state index in [2.05, 4.69) is 18.8 Å². The van der Waals surface area contributed by atoms with Gasteiger partial charge in [-0.3, -0.25) is 9.78 Å². The standard InChI is InChI=1S/C15H17NO/c1-3-11(4-2)15(17)14-10-16-9-12-7-5-6-8-13(12)14/h5-11H,3-4H2,1-2H3. The first-order chi connectivity index (χ1) is 8.27. The van der Waals surface area contributed by atoms with Crippen molar-refractivity contribution in [3.63, 3.8) is 0 Å². The van der Waals surface area contributed by atoms with Gasteiger partial charge in [0.2, 0.25) is 0 Å². The minimum absolute atomic E-state index is 0.114. The van der Waals surface area contributed by atoms with Crippen LogP contribution in [0.5, 0.6) is 0 Å². The lowest BCUT2D eigenvalue weighted by molar-refractivity contribution is 0.0915. The van der Waals surface area contributed by atoms with Crippen molar-refractivity contribution < 1.29 is 4.79 Å². The maximum Gasteiger partial charge on any atom is 0.168 e. The molecule has 1 heterocycles. The smallest absolute Gasteiger partial charge is 0.168 e. The van der Waals surface area contributed by atoms with Gasteiger partial charge in [0.15, 0.2) is 5.78 Å². The molecule has 0 atom stereocenters. The average Bonchev–Trinajstić information content (AvgIpc) is 2.39. The number of aromatic nitrogens is 1. The maximum atomic E-state index is 12.4. The van der Waals surface area contributed by atoms with Gasteiger partial charge in [0, 0.05) is 29.3 Å². The topological polar surface area (TPSA) is 30.0 Å². The van der Waals surface area contributed by atoms with Crippen LogP contribution in [-0.2, 0) is 0 Å². The number of nitrogens with zero attached hydrogens (tertiary/aromatic N) is 1. The van der Waals surface area contributed by atoms with Gasteiger partial charge in [-0.25, -0.2) is 0 Å². The molecule has 0 spiro atoms. The molecule has 1 aromatic carbocycles. The molecule has 88 valence electrons. The number of rotatable bonds is 4. The molecule has 0 fully saturated rings. The third kappa shape index (κ3) is 2.21. The summed E-state index contributed by atoms with van der Waals surface area (Å²) in [6.07, 6.45) is 5.28. The second kappa shape index (κ2) is 5.09. The van der Waals surface area contributed by atoms with E-state index in [1.807, 2.05) is 24.3 Å². The Hall–Kier alpha value is -1.70. The Kier molecular flexibility index (Phi) is 3.52. The Morgan fingerprint density at radius 2 is 1.88 bits per heavy atom. The number of hydrogen-bond donors (Lipinski definition) is 0. The van der Waals surface area contributed by atoms with Crippen LogP contribution >= 0.6 is 0 Å². The lowest BCUT2D eigenvalue weighted by Gasteiger charge is -2.12. The molecular weight excluding hydrogens is 210 g/mol. The van der Waals surface area contributed by atoms with E-state index in [1.54, 1.807) is 12.4 Å². The maximum absolute atomic E-state index is 12.4. The summed E-state index contributed by atoms with van der Waals surface area (Å²) in [7, 11) is 0. The number of carbonyl (C=O) groups excluding carboxylic acids is 1. The van der Waals surface area contributed by atoms with Gasteiger partial charge in [0.05, 0.1) is 0 Å². The number of pyridine rings is 1. The number of hydrogen-bond acceptors (Lipinski definition) is 2. The van der Waals surface area contributed by atoms with Gasteiger partial charge in [-0.2, -0.15) is 0 Å². The highest BCUT2D eigenvalue weighted by molar-refractivity contribution is 6.08. The molecule has 0 aliphatic rings. The van der Waals surface area contributed by atoms with Crippen LogP contribution in [0.1, 0.15) is 37.0 Å². The van der Waals surface area contributed by atoms with Crippen LogP contribution in [0, 0.1) is 5.92 Å². The van der Waals surface area contributed by atoms with Crippen molar-refractivity contribution in [3.8, 4) is 0 Å². The van der Waals surface area contributed by atoms with Crippen molar-refractivity contribution in [3.05, 3.63) is 42.2 Å². The Labute approximate surface area is 102 Å². The van der Waals surface area contributed by atoms with E-state index in [9.17, 15) is 4.79 Å². The fraction of sp³-hybridized carbons (Fsp3) is 0.333. The number of benzene rings is 1. The van der Waals surface area contributed by atoms with Gasteiger partial charge in [0.1, 0.15) is 0 Å². The quantitative estimate of drug-likeness (QED) is 0.742. The molecule has 1 aromatic heterocycles. The largest absolute Gasteiger partial charge is 0.294 e. The molecule has 0 N–H and O–H groups in total. The first-order valence-electron chi connectivity index (χ1n) is 6.14. The second-order valence-corrected chi connectivity index (χ2v) is 4.29. The molecule has 0 bridgehead atoms. The van der Waals surface area contributed by atoms with Crippen LogP contribution in [0.2, 0.25) is 0 Å². The fourth-order valence-corrected chi connectivity index (χ4v) is 2.19. The van der Waals surface area contributed by atoms with Crippen molar-refractivity contribution in [2.24, 2.45) is 5.92 Å². The zero-order chi connectivity index (χ0) is 12.3. The van der Waals surface area contributed by atoms with Crippen LogP contribution in [0.3, 0.4) is 0 Å². The van der Waals surface area contributed by atoms with Gasteiger partial charge in [-0.15, -0.1) is 0 Å². The fourth-order valence-electron chi connectivity index (χ4n) is 2.19. The summed E-state index contributed by atoms with van der Waals surface area (Å²) in [5, 5.41) is 2.05. The highest BCUT2D eigenvalue weighted by Gasteiger charge is 2.18. The summed E-state index contributed by atoms with van der Waals surface area (Å²) in [6.45, 7) is 4.12. The van der Waals surface area contributed by atoms with Crippen LogP contribution in [0.25, 0.3) is 10.8 Å². The zero-order valence-electron chi connectivity index (χ0n) is 10.3. The van der Waals surface area contributed by atoms with E-state index in [0.717, 1.165) is 29.2 Å². The van der Waals surface area contributed by atoms with E-state index in [1.165, 1.54) is 0 Å². The van der Waals surface area contributed by atoms with Crippen molar-refractivity contribution in [2.75, 3.05) is 0 Å². The average molecular weight is 227 g/mol. The first-order valence-corrected chi connectivity index (χ1v) is 6.14. The van der Waals surface area contributed by atoms with Gasteiger partial charge in [-0.1, -0.05) is 38.1 Å². The van der Waals surface area contributed by atoms with E-state index >= 15 is 0 Å². The Morgan fingerprint density at radius 1 is 1.18 bits per heavy atom. The molecule has 0 saturated carbocycles. The van der Waals surface area contributed by atoms with Gasteiger partial charge >= 0.3 is 0 Å². The molecular formula is C15H17NO. The molecule has 2 nitrogen and oxygen atoms in total. The minimum atomic E-state index is 0.114. The third-order valence-corrected chi connectivity index (χ3v) is 3.29. The molecule has 2 aromatic rings. The molecule has 2 heteroatoms. The van der Waals surface area contributed by atoms with E-state index in [0.29, 0.717) is 0 Å². The number of fused-ring (bicyclic) bond motifs is 1. The normalized spacial score (nSPS) is 11.0. The van der Waals surface area contributed by atoms with Crippen LogP contribution in [0.15, 0.2) is 36.7 Å². The minimum Gasteiger partial charge on any atom is -0.294 e. The summed E-state index contributed by atoms with van der Waals surface area (Å²) in [4.78, 5) is 16.5. The molecule has 0 aliphatic heterocycles. The van der Waals surface area contributed by atoms with Crippen molar-refractivity contribution >= 4 is 16.6 Å².